The number of benzene rings is 1. The summed E-state index contributed by atoms with van der Waals surface area (Å²) in [5.74, 6) is -0.0450. The summed E-state index contributed by atoms with van der Waals surface area (Å²) in [6, 6.07) is 7.24. The van der Waals surface area contributed by atoms with Gasteiger partial charge in [0.25, 0.3) is 0 Å². The smallest absolute Gasteiger partial charge is 0.246 e. The molecule has 1 heterocycles. The van der Waals surface area contributed by atoms with E-state index in [9.17, 15) is 9.70 Å². The summed E-state index contributed by atoms with van der Waals surface area (Å²) in [6.07, 6.45) is 1.33. The standard InChI is InChI=1S/C13H15N3O2/c1-2-13(17)16-9-7-15(8-10-16)12-6-4-3-5-11(12)14-18/h2-6H,1,7-10H2. The molecule has 0 aliphatic carbocycles. The first-order chi connectivity index (χ1) is 8.76. The maximum absolute atomic E-state index is 11.5. The fraction of sp³-hybridized carbons (Fsp3) is 0.308. The van der Waals surface area contributed by atoms with Crippen LogP contribution in [0.2, 0.25) is 0 Å². The van der Waals surface area contributed by atoms with Gasteiger partial charge in [0.2, 0.25) is 5.91 Å². The van der Waals surface area contributed by atoms with Crippen LogP contribution in [0.1, 0.15) is 0 Å². The Morgan fingerprint density at radius 3 is 2.50 bits per heavy atom. The van der Waals surface area contributed by atoms with Crippen LogP contribution in [-0.4, -0.2) is 37.0 Å². The molecule has 5 nitrogen and oxygen atoms in total. The molecule has 1 fully saturated rings. The van der Waals surface area contributed by atoms with Gasteiger partial charge in [0.05, 0.1) is 5.69 Å². The van der Waals surface area contributed by atoms with E-state index in [2.05, 4.69) is 16.7 Å². The van der Waals surface area contributed by atoms with Crippen molar-refractivity contribution in [1.82, 2.24) is 4.90 Å². The van der Waals surface area contributed by atoms with Crippen molar-refractivity contribution in [1.29, 1.82) is 0 Å². The Morgan fingerprint density at radius 2 is 1.89 bits per heavy atom. The molecule has 0 aromatic heterocycles. The van der Waals surface area contributed by atoms with Crippen LogP contribution in [-0.2, 0) is 4.79 Å². The van der Waals surface area contributed by atoms with Crippen molar-refractivity contribution in [2.75, 3.05) is 31.1 Å². The summed E-state index contributed by atoms with van der Waals surface area (Å²) in [5.41, 5.74) is 1.28. The van der Waals surface area contributed by atoms with E-state index in [1.807, 2.05) is 12.1 Å². The summed E-state index contributed by atoms with van der Waals surface area (Å²) in [4.78, 5) is 26.0. The highest BCUT2D eigenvalue weighted by Crippen LogP contribution is 2.28. The van der Waals surface area contributed by atoms with Crippen LogP contribution in [0.3, 0.4) is 0 Å². The number of piperazine rings is 1. The minimum Gasteiger partial charge on any atom is -0.366 e. The van der Waals surface area contributed by atoms with Gasteiger partial charge in [0.1, 0.15) is 5.69 Å². The molecule has 0 spiro atoms. The Hall–Kier alpha value is -2.17. The number of para-hydroxylation sites is 1. The maximum Gasteiger partial charge on any atom is 0.246 e. The van der Waals surface area contributed by atoms with Gasteiger partial charge in [0.15, 0.2) is 0 Å². The molecule has 0 N–H and O–H groups in total. The fourth-order valence-electron chi connectivity index (χ4n) is 2.11. The topological polar surface area (TPSA) is 53.0 Å². The third-order valence-corrected chi connectivity index (χ3v) is 3.09. The van der Waals surface area contributed by atoms with Crippen LogP contribution >= 0.6 is 0 Å². The number of nitrogens with zero attached hydrogens (tertiary/aromatic N) is 3. The van der Waals surface area contributed by atoms with E-state index in [-0.39, 0.29) is 5.91 Å². The van der Waals surface area contributed by atoms with Crippen molar-refractivity contribution in [3.8, 4) is 0 Å². The number of carbonyl (C=O) groups excluding carboxylic acids is 1. The number of amides is 1. The third kappa shape index (κ3) is 2.40. The molecule has 94 valence electrons. The summed E-state index contributed by atoms with van der Waals surface area (Å²) < 4.78 is 0. The Balaban J connectivity index is 2.07. The molecule has 1 saturated heterocycles. The molecule has 0 bridgehead atoms. The lowest BCUT2D eigenvalue weighted by molar-refractivity contribution is -0.126. The molecule has 0 atom stereocenters. The van der Waals surface area contributed by atoms with Crippen molar-refractivity contribution >= 4 is 17.3 Å². The molecule has 0 radical (unpaired) electrons. The Labute approximate surface area is 106 Å². The highest BCUT2D eigenvalue weighted by Gasteiger charge is 2.21. The molecule has 1 aliphatic heterocycles. The van der Waals surface area contributed by atoms with Crippen LogP contribution in [0.5, 0.6) is 0 Å². The lowest BCUT2D eigenvalue weighted by Crippen LogP contribution is -2.48. The van der Waals surface area contributed by atoms with Gasteiger partial charge in [-0.2, -0.15) is 0 Å². The second-order valence-corrected chi connectivity index (χ2v) is 4.10. The fourth-order valence-corrected chi connectivity index (χ4v) is 2.11. The number of hydrogen-bond acceptors (Lipinski definition) is 4. The number of nitroso groups, excluding NO2 is 1. The van der Waals surface area contributed by atoms with E-state index in [1.165, 1.54) is 6.08 Å². The number of anilines is 1. The summed E-state index contributed by atoms with van der Waals surface area (Å²) in [7, 11) is 0. The van der Waals surface area contributed by atoms with E-state index in [4.69, 9.17) is 0 Å². The Morgan fingerprint density at radius 1 is 1.22 bits per heavy atom. The highest BCUT2D eigenvalue weighted by atomic mass is 16.3. The van der Waals surface area contributed by atoms with Crippen LogP contribution in [0.25, 0.3) is 0 Å². The molecule has 5 heteroatoms. The van der Waals surface area contributed by atoms with E-state index < -0.39 is 0 Å². The molecular weight excluding hydrogens is 230 g/mol. The van der Waals surface area contributed by atoms with Gasteiger partial charge < -0.3 is 9.80 Å². The van der Waals surface area contributed by atoms with Crippen molar-refractivity contribution < 1.29 is 4.79 Å². The average Bonchev–Trinajstić information content (AvgIpc) is 2.46. The molecule has 0 unspecified atom stereocenters. The van der Waals surface area contributed by atoms with E-state index >= 15 is 0 Å². The zero-order valence-electron chi connectivity index (χ0n) is 10.1. The molecule has 1 aromatic rings. The largest absolute Gasteiger partial charge is 0.366 e. The number of carbonyl (C=O) groups is 1. The lowest BCUT2D eigenvalue weighted by Gasteiger charge is -2.35. The third-order valence-electron chi connectivity index (χ3n) is 3.09. The van der Waals surface area contributed by atoms with Crippen LogP contribution in [0, 0.1) is 4.91 Å². The van der Waals surface area contributed by atoms with Gasteiger partial charge in [0, 0.05) is 26.2 Å². The molecule has 0 saturated carbocycles. The molecular formula is C13H15N3O2. The van der Waals surface area contributed by atoms with Crippen molar-refractivity contribution in [3.63, 3.8) is 0 Å². The molecule has 1 aliphatic rings. The van der Waals surface area contributed by atoms with Crippen molar-refractivity contribution in [2.45, 2.75) is 0 Å². The maximum atomic E-state index is 11.5. The van der Waals surface area contributed by atoms with Crippen LogP contribution in [0.15, 0.2) is 42.1 Å². The first-order valence-corrected chi connectivity index (χ1v) is 5.85. The predicted octanol–water partition coefficient (Wildman–Crippen LogP) is 1.92. The minimum absolute atomic E-state index is 0.0450. The molecule has 18 heavy (non-hydrogen) atoms. The summed E-state index contributed by atoms with van der Waals surface area (Å²) >= 11 is 0. The quantitative estimate of drug-likeness (QED) is 0.604. The molecule has 1 amide bonds. The summed E-state index contributed by atoms with van der Waals surface area (Å²) in [6.45, 7) is 6.15. The minimum atomic E-state index is -0.0450. The van der Waals surface area contributed by atoms with Gasteiger partial charge in [-0.25, -0.2) is 0 Å². The van der Waals surface area contributed by atoms with Gasteiger partial charge in [-0.15, -0.1) is 4.91 Å². The van der Waals surface area contributed by atoms with Gasteiger partial charge in [-0.05, 0) is 23.4 Å². The van der Waals surface area contributed by atoms with Crippen molar-refractivity contribution in [3.05, 3.63) is 41.8 Å². The second kappa shape index (κ2) is 5.44. The van der Waals surface area contributed by atoms with Gasteiger partial charge >= 0.3 is 0 Å². The first kappa shape index (κ1) is 12.3. The van der Waals surface area contributed by atoms with Crippen LogP contribution in [0.4, 0.5) is 11.4 Å². The number of rotatable bonds is 3. The first-order valence-electron chi connectivity index (χ1n) is 5.85. The average molecular weight is 245 g/mol. The van der Waals surface area contributed by atoms with Crippen molar-refractivity contribution in [2.24, 2.45) is 5.18 Å². The van der Waals surface area contributed by atoms with Crippen LogP contribution < -0.4 is 4.90 Å². The monoisotopic (exact) mass is 245 g/mol. The second-order valence-electron chi connectivity index (χ2n) is 4.10. The van der Waals surface area contributed by atoms with E-state index in [1.54, 1.807) is 17.0 Å². The number of hydrogen-bond donors (Lipinski definition) is 0. The zero-order chi connectivity index (χ0) is 13.0. The summed E-state index contributed by atoms with van der Waals surface area (Å²) in [5, 5.41) is 3.03. The predicted molar refractivity (Wildman–Crippen MR) is 70.9 cm³/mol. The van der Waals surface area contributed by atoms with E-state index in [0.29, 0.717) is 31.9 Å². The molecule has 2 rings (SSSR count). The Bertz CT molecular complexity index is 465. The lowest BCUT2D eigenvalue weighted by atomic mass is 10.2. The van der Waals surface area contributed by atoms with Gasteiger partial charge in [-0.3, -0.25) is 4.79 Å². The Kier molecular flexibility index (Phi) is 3.72. The zero-order valence-corrected chi connectivity index (χ0v) is 10.1. The molecule has 1 aromatic carbocycles. The van der Waals surface area contributed by atoms with E-state index in [0.717, 1.165) is 5.69 Å². The van der Waals surface area contributed by atoms with Gasteiger partial charge in [-0.1, -0.05) is 18.7 Å². The highest BCUT2D eigenvalue weighted by molar-refractivity contribution is 5.87. The SMILES string of the molecule is C=CC(=O)N1CCN(c2ccccc2N=O)CC1. The normalized spacial score (nSPS) is 15.3.